The van der Waals surface area contributed by atoms with Gasteiger partial charge in [0.25, 0.3) is 5.91 Å². The Morgan fingerprint density at radius 2 is 1.76 bits per heavy atom. The molecule has 0 aliphatic carbocycles. The molecule has 0 atom stereocenters. The van der Waals surface area contributed by atoms with Crippen molar-refractivity contribution in [2.24, 2.45) is 0 Å². The number of nitriles is 1. The molecular weight excluding hydrogens is 436 g/mol. The first-order valence-electron chi connectivity index (χ1n) is 10.3. The summed E-state index contributed by atoms with van der Waals surface area (Å²) in [5.41, 5.74) is 2.22. The van der Waals surface area contributed by atoms with Crippen LogP contribution in [0.2, 0.25) is 0 Å². The van der Waals surface area contributed by atoms with Crippen LogP contribution in [-0.2, 0) is 9.53 Å². The molecule has 0 unspecified atom stereocenters. The molecule has 2 heterocycles. The van der Waals surface area contributed by atoms with Gasteiger partial charge in [-0.1, -0.05) is 42.5 Å². The molecular formula is C25H20N4O3S. The van der Waals surface area contributed by atoms with E-state index in [-0.39, 0.29) is 18.7 Å². The summed E-state index contributed by atoms with van der Waals surface area (Å²) in [5.74, 6) is -1.06. The van der Waals surface area contributed by atoms with E-state index in [2.05, 4.69) is 5.10 Å². The summed E-state index contributed by atoms with van der Waals surface area (Å²) in [6, 6.07) is 25.8. The third-order valence-electron chi connectivity index (χ3n) is 4.84. The molecule has 33 heavy (non-hydrogen) atoms. The SMILES string of the molecule is N#CCCN(C(=O)COC(=O)c1cc(-c2cccs2)nn1-c1ccccc1)c1ccccc1. The zero-order chi connectivity index (χ0) is 23.0. The number of amides is 1. The fourth-order valence-corrected chi connectivity index (χ4v) is 3.97. The van der Waals surface area contributed by atoms with Gasteiger partial charge in [0.05, 0.1) is 23.1 Å². The van der Waals surface area contributed by atoms with Crippen LogP contribution in [0, 0.1) is 11.3 Å². The lowest BCUT2D eigenvalue weighted by Gasteiger charge is -2.21. The maximum absolute atomic E-state index is 13.0. The van der Waals surface area contributed by atoms with Crippen LogP contribution in [-0.4, -0.2) is 34.8 Å². The molecule has 0 fully saturated rings. The number of anilines is 1. The molecule has 7 nitrogen and oxygen atoms in total. The molecule has 1 amide bonds. The fourth-order valence-electron chi connectivity index (χ4n) is 3.28. The number of nitrogens with zero attached hydrogens (tertiary/aromatic N) is 4. The minimum Gasteiger partial charge on any atom is -0.451 e. The average molecular weight is 457 g/mol. The summed E-state index contributed by atoms with van der Waals surface area (Å²) in [4.78, 5) is 28.2. The van der Waals surface area contributed by atoms with Crippen molar-refractivity contribution < 1.29 is 14.3 Å². The van der Waals surface area contributed by atoms with Crippen LogP contribution in [0.3, 0.4) is 0 Å². The molecule has 164 valence electrons. The number of aromatic nitrogens is 2. The number of esters is 1. The van der Waals surface area contributed by atoms with Gasteiger partial charge in [-0.15, -0.1) is 11.3 Å². The van der Waals surface area contributed by atoms with E-state index in [0.717, 1.165) is 4.88 Å². The van der Waals surface area contributed by atoms with E-state index in [1.165, 1.54) is 20.9 Å². The predicted octanol–water partition coefficient (Wildman–Crippen LogP) is 4.70. The monoisotopic (exact) mass is 456 g/mol. The minimum atomic E-state index is -0.657. The van der Waals surface area contributed by atoms with E-state index >= 15 is 0 Å². The topological polar surface area (TPSA) is 88.2 Å². The number of rotatable bonds is 8. The van der Waals surface area contributed by atoms with Crippen molar-refractivity contribution in [1.29, 1.82) is 5.26 Å². The average Bonchev–Trinajstić information content (AvgIpc) is 3.54. The lowest BCUT2D eigenvalue weighted by Crippen LogP contribution is -2.35. The van der Waals surface area contributed by atoms with Crippen LogP contribution >= 0.6 is 11.3 Å². The highest BCUT2D eigenvalue weighted by molar-refractivity contribution is 7.13. The molecule has 0 spiro atoms. The molecule has 0 N–H and O–H groups in total. The van der Waals surface area contributed by atoms with Crippen LogP contribution in [0.15, 0.2) is 84.2 Å². The van der Waals surface area contributed by atoms with Crippen molar-refractivity contribution in [1.82, 2.24) is 9.78 Å². The Balaban J connectivity index is 1.55. The molecule has 0 bridgehead atoms. The third kappa shape index (κ3) is 5.17. The van der Waals surface area contributed by atoms with Gasteiger partial charge in [0.15, 0.2) is 12.3 Å². The van der Waals surface area contributed by atoms with Crippen molar-refractivity contribution in [2.75, 3.05) is 18.1 Å². The molecule has 4 aromatic rings. The number of hydrogen-bond donors (Lipinski definition) is 0. The van der Waals surface area contributed by atoms with Gasteiger partial charge in [-0.3, -0.25) is 4.79 Å². The Hall–Kier alpha value is -4.22. The maximum atomic E-state index is 13.0. The van der Waals surface area contributed by atoms with Gasteiger partial charge < -0.3 is 9.64 Å². The van der Waals surface area contributed by atoms with Gasteiger partial charge in [-0.2, -0.15) is 10.4 Å². The van der Waals surface area contributed by atoms with Crippen LogP contribution in [0.5, 0.6) is 0 Å². The summed E-state index contributed by atoms with van der Waals surface area (Å²) in [5, 5.41) is 15.5. The molecule has 0 radical (unpaired) electrons. The number of ether oxygens (including phenoxy) is 1. The highest BCUT2D eigenvalue weighted by Crippen LogP contribution is 2.26. The van der Waals surface area contributed by atoms with E-state index in [0.29, 0.717) is 17.1 Å². The Kier molecular flexibility index (Phi) is 6.93. The largest absolute Gasteiger partial charge is 0.451 e. The molecule has 8 heteroatoms. The Morgan fingerprint density at radius 3 is 2.42 bits per heavy atom. The summed E-state index contributed by atoms with van der Waals surface area (Å²) >= 11 is 1.52. The normalized spacial score (nSPS) is 10.4. The number of benzene rings is 2. The summed E-state index contributed by atoms with van der Waals surface area (Å²) in [6.07, 6.45) is 0.166. The smallest absolute Gasteiger partial charge is 0.357 e. The van der Waals surface area contributed by atoms with E-state index in [1.54, 1.807) is 30.3 Å². The molecule has 0 aliphatic rings. The van der Waals surface area contributed by atoms with Crippen LogP contribution in [0.4, 0.5) is 5.69 Å². The maximum Gasteiger partial charge on any atom is 0.357 e. The quantitative estimate of drug-likeness (QED) is 0.359. The van der Waals surface area contributed by atoms with Gasteiger partial charge in [-0.05, 0) is 35.7 Å². The Morgan fingerprint density at radius 1 is 1.03 bits per heavy atom. The standard InChI is InChI=1S/C25H20N4O3S/c26-14-8-15-28(19-9-3-1-4-10-19)24(30)18-32-25(31)22-17-21(23-13-7-16-33-23)27-29(22)20-11-5-2-6-12-20/h1-7,9-13,16-17H,8,15,18H2. The molecule has 4 rings (SSSR count). The zero-order valence-corrected chi connectivity index (χ0v) is 18.4. The molecule has 2 aromatic carbocycles. The summed E-state index contributed by atoms with van der Waals surface area (Å²) in [6.45, 7) is -0.241. The first-order chi connectivity index (χ1) is 16.2. The second kappa shape index (κ2) is 10.4. The summed E-state index contributed by atoms with van der Waals surface area (Å²) < 4.78 is 6.92. The van der Waals surface area contributed by atoms with Crippen molar-refractivity contribution in [3.8, 4) is 22.3 Å². The molecule has 2 aromatic heterocycles. The molecule has 0 saturated heterocycles. The van der Waals surface area contributed by atoms with E-state index in [9.17, 15) is 9.59 Å². The van der Waals surface area contributed by atoms with Gasteiger partial charge in [0.1, 0.15) is 5.69 Å². The number of thiophene rings is 1. The van der Waals surface area contributed by atoms with Crippen LogP contribution < -0.4 is 4.90 Å². The van der Waals surface area contributed by atoms with Gasteiger partial charge in [-0.25, -0.2) is 9.48 Å². The third-order valence-corrected chi connectivity index (χ3v) is 5.73. The van der Waals surface area contributed by atoms with Crippen molar-refractivity contribution >= 4 is 28.9 Å². The fraction of sp³-hybridized carbons (Fsp3) is 0.120. The van der Waals surface area contributed by atoms with Crippen LogP contribution in [0.1, 0.15) is 16.9 Å². The first kappa shape index (κ1) is 22.0. The number of carbonyl (C=O) groups is 2. The van der Waals surface area contributed by atoms with Crippen molar-refractivity contribution in [2.45, 2.75) is 6.42 Å². The number of carbonyl (C=O) groups excluding carboxylic acids is 2. The van der Waals surface area contributed by atoms with Crippen LogP contribution in [0.25, 0.3) is 16.3 Å². The first-order valence-corrected chi connectivity index (χ1v) is 11.1. The minimum absolute atomic E-state index is 0.166. The zero-order valence-electron chi connectivity index (χ0n) is 17.6. The predicted molar refractivity (Wildman–Crippen MR) is 126 cm³/mol. The lowest BCUT2D eigenvalue weighted by molar-refractivity contribution is -0.121. The van der Waals surface area contributed by atoms with Gasteiger partial charge in [0, 0.05) is 18.3 Å². The Bertz CT molecular complexity index is 1260. The van der Waals surface area contributed by atoms with E-state index < -0.39 is 18.5 Å². The van der Waals surface area contributed by atoms with Gasteiger partial charge in [0.2, 0.25) is 0 Å². The van der Waals surface area contributed by atoms with E-state index in [1.807, 2.05) is 60.0 Å². The lowest BCUT2D eigenvalue weighted by atomic mass is 10.2. The highest BCUT2D eigenvalue weighted by Gasteiger charge is 2.22. The van der Waals surface area contributed by atoms with Crippen molar-refractivity contribution in [3.63, 3.8) is 0 Å². The highest BCUT2D eigenvalue weighted by atomic mass is 32.1. The number of hydrogen-bond acceptors (Lipinski definition) is 6. The van der Waals surface area contributed by atoms with E-state index in [4.69, 9.17) is 10.00 Å². The Labute approximate surface area is 195 Å². The number of para-hydroxylation sites is 2. The summed E-state index contributed by atoms with van der Waals surface area (Å²) in [7, 11) is 0. The van der Waals surface area contributed by atoms with Gasteiger partial charge >= 0.3 is 5.97 Å². The molecule has 0 aliphatic heterocycles. The van der Waals surface area contributed by atoms with Crippen molar-refractivity contribution in [3.05, 3.63) is 89.9 Å². The molecule has 0 saturated carbocycles. The second-order valence-electron chi connectivity index (χ2n) is 7.00. The second-order valence-corrected chi connectivity index (χ2v) is 7.95.